The molecule has 0 bridgehead atoms. The molecule has 24 heavy (non-hydrogen) atoms. The summed E-state index contributed by atoms with van der Waals surface area (Å²) in [5.74, 6) is 0.824. The van der Waals surface area contributed by atoms with E-state index in [-0.39, 0.29) is 17.9 Å². The van der Waals surface area contributed by atoms with Crippen molar-refractivity contribution in [1.29, 1.82) is 0 Å². The van der Waals surface area contributed by atoms with Gasteiger partial charge in [0.05, 0.1) is 18.7 Å². The quantitative estimate of drug-likeness (QED) is 0.860. The standard InChI is InChI=1S/C18H20N2O3S/c1-13(21)19-8-9-20(18(22)15-7-10-24-12-15)17(11-19)14-3-5-16(23-2)6-4-14/h3-7,10,12,17H,8-9,11H2,1-2H3/t17-/m0/s1. The number of nitrogens with zero attached hydrogens (tertiary/aromatic N) is 2. The molecule has 2 aromatic rings. The van der Waals surface area contributed by atoms with Gasteiger partial charge in [-0.3, -0.25) is 9.59 Å². The summed E-state index contributed by atoms with van der Waals surface area (Å²) < 4.78 is 5.21. The lowest BCUT2D eigenvalue weighted by Crippen LogP contribution is -2.51. The van der Waals surface area contributed by atoms with Gasteiger partial charge in [-0.1, -0.05) is 12.1 Å². The number of methoxy groups -OCH3 is 1. The van der Waals surface area contributed by atoms with Gasteiger partial charge in [-0.05, 0) is 29.1 Å². The zero-order chi connectivity index (χ0) is 17.1. The zero-order valence-electron chi connectivity index (χ0n) is 13.8. The van der Waals surface area contributed by atoms with Crippen LogP contribution in [0, 0.1) is 0 Å². The molecule has 1 aromatic heterocycles. The first-order valence-electron chi connectivity index (χ1n) is 7.83. The molecule has 0 aliphatic carbocycles. The maximum atomic E-state index is 12.8. The Bertz CT molecular complexity index is 712. The second-order valence-corrected chi connectivity index (χ2v) is 6.54. The molecule has 1 saturated heterocycles. The molecule has 0 radical (unpaired) electrons. The normalized spacial score (nSPS) is 17.7. The first-order chi connectivity index (χ1) is 11.6. The van der Waals surface area contributed by atoms with Gasteiger partial charge in [0.15, 0.2) is 0 Å². The van der Waals surface area contributed by atoms with E-state index >= 15 is 0 Å². The van der Waals surface area contributed by atoms with Gasteiger partial charge in [0.25, 0.3) is 5.91 Å². The average molecular weight is 344 g/mol. The summed E-state index contributed by atoms with van der Waals surface area (Å²) in [6.07, 6.45) is 0. The number of thiophene rings is 1. The van der Waals surface area contributed by atoms with Crippen molar-refractivity contribution in [2.45, 2.75) is 13.0 Å². The maximum Gasteiger partial charge on any atom is 0.255 e. The third-order valence-corrected chi connectivity index (χ3v) is 5.04. The number of piperazine rings is 1. The Labute approximate surface area is 145 Å². The van der Waals surface area contributed by atoms with Crippen molar-refractivity contribution in [3.63, 3.8) is 0 Å². The molecular formula is C18H20N2O3S. The van der Waals surface area contributed by atoms with E-state index in [0.717, 1.165) is 11.3 Å². The fourth-order valence-corrected chi connectivity index (χ4v) is 3.61. The van der Waals surface area contributed by atoms with Crippen LogP contribution in [-0.4, -0.2) is 48.4 Å². The highest BCUT2D eigenvalue weighted by Crippen LogP contribution is 2.29. The van der Waals surface area contributed by atoms with E-state index in [0.29, 0.717) is 25.2 Å². The zero-order valence-corrected chi connectivity index (χ0v) is 14.6. The number of ether oxygens (including phenoxy) is 1. The number of benzene rings is 1. The Balaban J connectivity index is 1.90. The van der Waals surface area contributed by atoms with E-state index in [1.54, 1.807) is 18.9 Å². The monoisotopic (exact) mass is 344 g/mol. The number of hydrogen-bond acceptors (Lipinski definition) is 4. The van der Waals surface area contributed by atoms with Crippen LogP contribution in [0.2, 0.25) is 0 Å². The van der Waals surface area contributed by atoms with Crippen molar-refractivity contribution in [3.05, 3.63) is 52.2 Å². The highest BCUT2D eigenvalue weighted by molar-refractivity contribution is 7.08. The predicted octanol–water partition coefficient (Wildman–Crippen LogP) is 2.80. The molecule has 0 spiro atoms. The van der Waals surface area contributed by atoms with E-state index < -0.39 is 0 Å². The van der Waals surface area contributed by atoms with Gasteiger partial charge in [0.1, 0.15) is 5.75 Å². The third kappa shape index (κ3) is 3.28. The summed E-state index contributed by atoms with van der Waals surface area (Å²) in [6, 6.07) is 9.38. The summed E-state index contributed by atoms with van der Waals surface area (Å²) in [4.78, 5) is 28.3. The van der Waals surface area contributed by atoms with Gasteiger partial charge >= 0.3 is 0 Å². The summed E-state index contributed by atoms with van der Waals surface area (Å²) in [5, 5.41) is 3.77. The van der Waals surface area contributed by atoms with Crippen LogP contribution in [-0.2, 0) is 4.79 Å². The number of carbonyl (C=O) groups excluding carboxylic acids is 2. The minimum atomic E-state index is -0.152. The van der Waals surface area contributed by atoms with Gasteiger partial charge in [-0.2, -0.15) is 11.3 Å². The van der Waals surface area contributed by atoms with Crippen molar-refractivity contribution in [3.8, 4) is 5.75 Å². The smallest absolute Gasteiger partial charge is 0.255 e. The fraction of sp³-hybridized carbons (Fsp3) is 0.333. The van der Waals surface area contributed by atoms with Crippen molar-refractivity contribution in [2.75, 3.05) is 26.7 Å². The van der Waals surface area contributed by atoms with Gasteiger partial charge < -0.3 is 14.5 Å². The van der Waals surface area contributed by atoms with Crippen molar-refractivity contribution in [1.82, 2.24) is 9.80 Å². The van der Waals surface area contributed by atoms with E-state index in [9.17, 15) is 9.59 Å². The Morgan fingerprint density at radius 1 is 1.17 bits per heavy atom. The number of hydrogen-bond donors (Lipinski definition) is 0. The molecule has 1 aliphatic heterocycles. The van der Waals surface area contributed by atoms with Crippen LogP contribution in [0.4, 0.5) is 0 Å². The molecule has 2 amide bonds. The minimum absolute atomic E-state index is 0.0141. The Morgan fingerprint density at radius 2 is 1.92 bits per heavy atom. The van der Waals surface area contributed by atoms with Gasteiger partial charge in [-0.15, -0.1) is 0 Å². The SMILES string of the molecule is COc1ccc([C@@H]2CN(C(C)=O)CCN2C(=O)c2ccsc2)cc1. The molecule has 5 nitrogen and oxygen atoms in total. The van der Waals surface area contributed by atoms with Gasteiger partial charge in [0.2, 0.25) is 5.91 Å². The molecule has 6 heteroatoms. The number of rotatable bonds is 3. The highest BCUT2D eigenvalue weighted by atomic mass is 32.1. The molecule has 1 aromatic carbocycles. The largest absolute Gasteiger partial charge is 0.497 e. The molecule has 3 rings (SSSR count). The molecule has 0 saturated carbocycles. The molecule has 0 N–H and O–H groups in total. The summed E-state index contributed by atoms with van der Waals surface area (Å²) in [7, 11) is 1.62. The van der Waals surface area contributed by atoms with Crippen LogP contribution in [0.3, 0.4) is 0 Å². The van der Waals surface area contributed by atoms with Crippen LogP contribution in [0.15, 0.2) is 41.1 Å². The maximum absolute atomic E-state index is 12.8. The van der Waals surface area contributed by atoms with Gasteiger partial charge in [0, 0.05) is 31.9 Å². The van der Waals surface area contributed by atoms with Crippen molar-refractivity contribution < 1.29 is 14.3 Å². The topological polar surface area (TPSA) is 49.9 Å². The number of carbonyl (C=O) groups is 2. The summed E-state index contributed by atoms with van der Waals surface area (Å²) in [6.45, 7) is 3.18. The van der Waals surface area contributed by atoms with Crippen LogP contribution >= 0.6 is 11.3 Å². The Hall–Kier alpha value is -2.34. The molecule has 1 fully saturated rings. The van der Waals surface area contributed by atoms with Crippen molar-refractivity contribution in [2.24, 2.45) is 0 Å². The molecular weight excluding hydrogens is 324 g/mol. The first kappa shape index (κ1) is 16.5. The third-order valence-electron chi connectivity index (χ3n) is 4.36. The molecule has 1 atom stereocenters. The van der Waals surface area contributed by atoms with E-state index in [1.165, 1.54) is 11.3 Å². The lowest BCUT2D eigenvalue weighted by atomic mass is 10.0. The second-order valence-electron chi connectivity index (χ2n) is 5.76. The van der Waals surface area contributed by atoms with E-state index in [2.05, 4.69) is 0 Å². The lowest BCUT2D eigenvalue weighted by molar-refractivity contribution is -0.131. The van der Waals surface area contributed by atoms with Crippen LogP contribution in [0.1, 0.15) is 28.9 Å². The fourth-order valence-electron chi connectivity index (χ4n) is 2.98. The first-order valence-corrected chi connectivity index (χ1v) is 8.77. The van der Waals surface area contributed by atoms with Crippen LogP contribution in [0.5, 0.6) is 5.75 Å². The van der Waals surface area contributed by atoms with Gasteiger partial charge in [-0.25, -0.2) is 0 Å². The highest BCUT2D eigenvalue weighted by Gasteiger charge is 2.33. The van der Waals surface area contributed by atoms with Crippen LogP contribution in [0.25, 0.3) is 0 Å². The van der Waals surface area contributed by atoms with E-state index in [1.807, 2.05) is 46.0 Å². The minimum Gasteiger partial charge on any atom is -0.497 e. The molecule has 126 valence electrons. The van der Waals surface area contributed by atoms with E-state index in [4.69, 9.17) is 4.74 Å². The number of amides is 2. The summed E-state index contributed by atoms with van der Waals surface area (Å²) in [5.41, 5.74) is 1.71. The second kappa shape index (κ2) is 7.05. The Morgan fingerprint density at radius 3 is 2.50 bits per heavy atom. The van der Waals surface area contributed by atoms with Crippen LogP contribution < -0.4 is 4.74 Å². The molecule has 0 unspecified atom stereocenters. The van der Waals surface area contributed by atoms with Crippen molar-refractivity contribution >= 4 is 23.2 Å². The summed E-state index contributed by atoms with van der Waals surface area (Å²) >= 11 is 1.51. The average Bonchev–Trinajstić information content (AvgIpc) is 3.15. The predicted molar refractivity (Wildman–Crippen MR) is 93.3 cm³/mol. The Kier molecular flexibility index (Phi) is 4.85. The lowest BCUT2D eigenvalue weighted by Gasteiger charge is -2.41. The molecule has 2 heterocycles. The molecule has 1 aliphatic rings.